The van der Waals surface area contributed by atoms with Gasteiger partial charge in [-0.05, 0) is 32.1 Å². The molecule has 2 saturated heterocycles. The summed E-state index contributed by atoms with van der Waals surface area (Å²) in [6.45, 7) is 2.77. The molecule has 0 atom stereocenters. The minimum absolute atomic E-state index is 0.0451. The maximum absolute atomic E-state index is 12.2. The summed E-state index contributed by atoms with van der Waals surface area (Å²) in [5.74, 6) is 0.290. The Labute approximate surface area is 101 Å². The Hall–Kier alpha value is -1.26. The number of carbonyl (C=O) groups is 2. The molecule has 0 saturated carbocycles. The predicted octanol–water partition coefficient (Wildman–Crippen LogP) is 1.39. The Bertz CT molecular complexity index is 292. The minimum Gasteiger partial charge on any atom is -0.465 e. The molecular weight excluding hydrogens is 220 g/mol. The lowest BCUT2D eigenvalue weighted by atomic mass is 9.94. The van der Waals surface area contributed by atoms with Crippen LogP contribution in [0.25, 0.3) is 0 Å². The Morgan fingerprint density at radius 1 is 0.882 bits per heavy atom. The number of nitrogens with zero attached hydrogens (tertiary/aromatic N) is 2. The maximum atomic E-state index is 12.2. The van der Waals surface area contributed by atoms with Crippen molar-refractivity contribution in [1.82, 2.24) is 9.80 Å². The lowest BCUT2D eigenvalue weighted by Crippen LogP contribution is -2.45. The van der Waals surface area contributed by atoms with Crippen molar-refractivity contribution in [2.75, 3.05) is 26.2 Å². The van der Waals surface area contributed by atoms with E-state index < -0.39 is 6.09 Å². The molecule has 2 aliphatic heterocycles. The highest BCUT2D eigenvalue weighted by Gasteiger charge is 2.30. The minimum atomic E-state index is -0.867. The molecule has 0 aromatic carbocycles. The summed E-state index contributed by atoms with van der Waals surface area (Å²) in [4.78, 5) is 26.3. The highest BCUT2D eigenvalue weighted by molar-refractivity contribution is 5.79. The van der Waals surface area contributed by atoms with E-state index in [9.17, 15) is 9.59 Å². The molecule has 0 bridgehead atoms. The molecule has 2 rings (SSSR count). The van der Waals surface area contributed by atoms with Gasteiger partial charge in [-0.15, -0.1) is 0 Å². The molecular formula is C12H20N2O3. The van der Waals surface area contributed by atoms with Crippen LogP contribution in [0.3, 0.4) is 0 Å². The summed E-state index contributed by atoms with van der Waals surface area (Å²) in [6, 6.07) is 0. The second kappa shape index (κ2) is 5.38. The van der Waals surface area contributed by atoms with Crippen molar-refractivity contribution in [3.63, 3.8) is 0 Å². The number of amides is 2. The average molecular weight is 240 g/mol. The van der Waals surface area contributed by atoms with Gasteiger partial charge in [0.1, 0.15) is 0 Å². The summed E-state index contributed by atoms with van der Waals surface area (Å²) in [7, 11) is 0. The van der Waals surface area contributed by atoms with E-state index in [-0.39, 0.29) is 11.8 Å². The average Bonchev–Trinajstić information content (AvgIpc) is 2.39. The van der Waals surface area contributed by atoms with Crippen LogP contribution in [-0.4, -0.2) is 53.1 Å². The number of likely N-dealkylation sites (tertiary alicyclic amines) is 2. The van der Waals surface area contributed by atoms with E-state index in [1.165, 1.54) is 11.3 Å². The van der Waals surface area contributed by atoms with E-state index in [1.807, 2.05) is 4.90 Å². The molecule has 17 heavy (non-hydrogen) atoms. The van der Waals surface area contributed by atoms with Crippen molar-refractivity contribution >= 4 is 12.0 Å². The van der Waals surface area contributed by atoms with Crippen LogP contribution in [-0.2, 0) is 4.79 Å². The molecule has 2 amide bonds. The van der Waals surface area contributed by atoms with Gasteiger partial charge in [-0.25, -0.2) is 4.79 Å². The summed E-state index contributed by atoms with van der Waals surface area (Å²) in [6.07, 6.45) is 3.94. The summed E-state index contributed by atoms with van der Waals surface area (Å²) in [5.41, 5.74) is 0. The van der Waals surface area contributed by atoms with Crippen molar-refractivity contribution in [1.29, 1.82) is 0 Å². The van der Waals surface area contributed by atoms with Gasteiger partial charge in [-0.1, -0.05) is 0 Å². The van der Waals surface area contributed by atoms with Crippen LogP contribution in [0.4, 0.5) is 4.79 Å². The molecule has 2 aliphatic rings. The zero-order chi connectivity index (χ0) is 12.3. The topological polar surface area (TPSA) is 60.9 Å². The van der Waals surface area contributed by atoms with Gasteiger partial charge in [0.25, 0.3) is 0 Å². The first-order valence-electron chi connectivity index (χ1n) is 6.45. The van der Waals surface area contributed by atoms with Gasteiger partial charge in [0.2, 0.25) is 5.91 Å². The number of piperidine rings is 2. The number of carbonyl (C=O) groups excluding carboxylic acids is 1. The van der Waals surface area contributed by atoms with Gasteiger partial charge >= 0.3 is 6.09 Å². The normalized spacial score (nSPS) is 22.6. The first-order valence-corrected chi connectivity index (χ1v) is 6.45. The summed E-state index contributed by atoms with van der Waals surface area (Å²) >= 11 is 0. The quantitative estimate of drug-likeness (QED) is 0.753. The lowest BCUT2D eigenvalue weighted by Gasteiger charge is -2.34. The van der Waals surface area contributed by atoms with E-state index >= 15 is 0 Å². The third-order valence-electron chi connectivity index (χ3n) is 3.78. The van der Waals surface area contributed by atoms with Crippen LogP contribution in [0, 0.1) is 5.92 Å². The zero-order valence-corrected chi connectivity index (χ0v) is 10.1. The Morgan fingerprint density at radius 2 is 1.47 bits per heavy atom. The number of rotatable bonds is 1. The molecule has 5 heteroatoms. The fourth-order valence-corrected chi connectivity index (χ4v) is 2.69. The molecule has 0 spiro atoms. The third-order valence-corrected chi connectivity index (χ3v) is 3.78. The largest absolute Gasteiger partial charge is 0.465 e. The maximum Gasteiger partial charge on any atom is 0.407 e. The molecule has 0 aromatic heterocycles. The van der Waals surface area contributed by atoms with E-state index in [4.69, 9.17) is 5.11 Å². The molecule has 2 heterocycles. The molecule has 0 aliphatic carbocycles. The van der Waals surface area contributed by atoms with E-state index in [2.05, 4.69) is 0 Å². The SMILES string of the molecule is O=C(O)N1CCC(C(=O)N2CCCCC2)CC1. The zero-order valence-electron chi connectivity index (χ0n) is 10.1. The molecule has 0 unspecified atom stereocenters. The van der Waals surface area contributed by atoms with E-state index in [0.717, 1.165) is 25.9 Å². The van der Waals surface area contributed by atoms with Gasteiger partial charge in [0, 0.05) is 32.1 Å². The monoisotopic (exact) mass is 240 g/mol. The van der Waals surface area contributed by atoms with Crippen LogP contribution in [0.15, 0.2) is 0 Å². The molecule has 96 valence electrons. The van der Waals surface area contributed by atoms with Crippen molar-refractivity contribution < 1.29 is 14.7 Å². The van der Waals surface area contributed by atoms with Gasteiger partial charge in [0.15, 0.2) is 0 Å². The summed E-state index contributed by atoms with van der Waals surface area (Å²) < 4.78 is 0. The van der Waals surface area contributed by atoms with E-state index in [0.29, 0.717) is 25.9 Å². The second-order valence-corrected chi connectivity index (χ2v) is 4.93. The number of carboxylic acid groups (broad SMARTS) is 1. The molecule has 0 aromatic rings. The molecule has 5 nitrogen and oxygen atoms in total. The first kappa shape index (κ1) is 12.2. The summed E-state index contributed by atoms with van der Waals surface area (Å²) in [5, 5.41) is 8.84. The molecule has 0 radical (unpaired) electrons. The van der Waals surface area contributed by atoms with Crippen molar-refractivity contribution in [2.45, 2.75) is 32.1 Å². The highest BCUT2D eigenvalue weighted by atomic mass is 16.4. The van der Waals surface area contributed by atoms with Crippen LogP contribution >= 0.6 is 0 Å². The van der Waals surface area contributed by atoms with Crippen molar-refractivity contribution in [3.05, 3.63) is 0 Å². The van der Waals surface area contributed by atoms with Crippen molar-refractivity contribution in [3.8, 4) is 0 Å². The van der Waals surface area contributed by atoms with Gasteiger partial charge in [-0.2, -0.15) is 0 Å². The lowest BCUT2D eigenvalue weighted by molar-refractivity contribution is -0.137. The van der Waals surface area contributed by atoms with Gasteiger partial charge in [0.05, 0.1) is 0 Å². The Morgan fingerprint density at radius 3 is 2.00 bits per heavy atom. The Balaban J connectivity index is 1.83. The fraction of sp³-hybridized carbons (Fsp3) is 0.833. The van der Waals surface area contributed by atoms with Crippen LogP contribution < -0.4 is 0 Å². The van der Waals surface area contributed by atoms with Crippen LogP contribution in [0.5, 0.6) is 0 Å². The number of hydrogen-bond donors (Lipinski definition) is 1. The fourth-order valence-electron chi connectivity index (χ4n) is 2.69. The first-order chi connectivity index (χ1) is 8.18. The van der Waals surface area contributed by atoms with Crippen molar-refractivity contribution in [2.24, 2.45) is 5.92 Å². The van der Waals surface area contributed by atoms with E-state index in [1.54, 1.807) is 0 Å². The number of hydrogen-bond acceptors (Lipinski definition) is 2. The van der Waals surface area contributed by atoms with Crippen LogP contribution in [0.2, 0.25) is 0 Å². The Kier molecular flexibility index (Phi) is 3.86. The van der Waals surface area contributed by atoms with Crippen LogP contribution in [0.1, 0.15) is 32.1 Å². The highest BCUT2D eigenvalue weighted by Crippen LogP contribution is 2.21. The smallest absolute Gasteiger partial charge is 0.407 e. The molecule has 2 fully saturated rings. The second-order valence-electron chi connectivity index (χ2n) is 4.93. The standard InChI is InChI=1S/C12H20N2O3/c15-11(13-6-2-1-3-7-13)10-4-8-14(9-5-10)12(16)17/h10H,1-9H2,(H,16,17). The van der Waals surface area contributed by atoms with Gasteiger partial charge < -0.3 is 14.9 Å². The predicted molar refractivity (Wildman–Crippen MR) is 62.8 cm³/mol. The molecule has 1 N–H and O–H groups in total. The van der Waals surface area contributed by atoms with Gasteiger partial charge in [-0.3, -0.25) is 4.79 Å². The third kappa shape index (κ3) is 2.90.